The normalized spacial score (nSPS) is 24.2. The van der Waals surface area contributed by atoms with E-state index in [1.54, 1.807) is 16.7 Å². The van der Waals surface area contributed by atoms with Crippen LogP contribution in [0.25, 0.3) is 0 Å². The van der Waals surface area contributed by atoms with Crippen molar-refractivity contribution in [3.63, 3.8) is 0 Å². The molecule has 16 heavy (non-hydrogen) atoms. The fourth-order valence-corrected chi connectivity index (χ4v) is 3.27. The SMILES string of the molecule is CN1CCc2cccc3c2[C@H](CCC3)C1.Cl. The third-order valence-electron chi connectivity index (χ3n) is 3.99. The molecule has 0 fully saturated rings. The van der Waals surface area contributed by atoms with E-state index in [9.17, 15) is 0 Å². The summed E-state index contributed by atoms with van der Waals surface area (Å²) in [6, 6.07) is 6.94. The third-order valence-corrected chi connectivity index (χ3v) is 3.99. The molecule has 88 valence electrons. The van der Waals surface area contributed by atoms with Crippen molar-refractivity contribution in [1.82, 2.24) is 4.90 Å². The van der Waals surface area contributed by atoms with E-state index in [0.717, 1.165) is 5.92 Å². The summed E-state index contributed by atoms with van der Waals surface area (Å²) in [5.74, 6) is 0.817. The lowest BCUT2D eigenvalue weighted by Gasteiger charge is -2.27. The topological polar surface area (TPSA) is 3.24 Å². The van der Waals surface area contributed by atoms with Crippen LogP contribution in [-0.2, 0) is 12.8 Å². The van der Waals surface area contributed by atoms with Crippen LogP contribution in [0.5, 0.6) is 0 Å². The van der Waals surface area contributed by atoms with Gasteiger partial charge in [0.25, 0.3) is 0 Å². The van der Waals surface area contributed by atoms with Gasteiger partial charge in [0.1, 0.15) is 0 Å². The number of hydrogen-bond acceptors (Lipinski definition) is 1. The second-order valence-electron chi connectivity index (χ2n) is 5.09. The van der Waals surface area contributed by atoms with Gasteiger partial charge < -0.3 is 4.90 Å². The van der Waals surface area contributed by atoms with Crippen LogP contribution in [0, 0.1) is 0 Å². The number of aryl methyl sites for hydroxylation is 1. The Morgan fingerprint density at radius 1 is 1.19 bits per heavy atom. The summed E-state index contributed by atoms with van der Waals surface area (Å²) >= 11 is 0. The minimum Gasteiger partial charge on any atom is -0.305 e. The van der Waals surface area contributed by atoms with E-state index in [2.05, 4.69) is 30.1 Å². The zero-order valence-electron chi connectivity index (χ0n) is 9.91. The highest BCUT2D eigenvalue weighted by molar-refractivity contribution is 5.85. The lowest BCUT2D eigenvalue weighted by molar-refractivity contribution is 0.313. The van der Waals surface area contributed by atoms with E-state index in [1.165, 1.54) is 38.8 Å². The van der Waals surface area contributed by atoms with Crippen LogP contribution in [-0.4, -0.2) is 25.0 Å². The van der Waals surface area contributed by atoms with E-state index in [4.69, 9.17) is 0 Å². The quantitative estimate of drug-likeness (QED) is 0.671. The standard InChI is InChI=1S/C14H19N.ClH/c1-15-9-8-12-6-2-4-11-5-3-7-13(10-15)14(11)12;/h2,4,6,13H,3,5,7-10H2,1H3;1H/t13-;/m1./s1. The first kappa shape index (κ1) is 11.9. The highest BCUT2D eigenvalue weighted by Gasteiger charge is 2.26. The number of rotatable bonds is 0. The summed E-state index contributed by atoms with van der Waals surface area (Å²) in [6.07, 6.45) is 5.34. The minimum atomic E-state index is 0. The number of halogens is 1. The molecule has 1 heterocycles. The van der Waals surface area contributed by atoms with Gasteiger partial charge in [0.05, 0.1) is 0 Å². The molecule has 0 N–H and O–H groups in total. The fourth-order valence-electron chi connectivity index (χ4n) is 3.27. The van der Waals surface area contributed by atoms with Gasteiger partial charge in [-0.15, -0.1) is 12.4 Å². The minimum absolute atomic E-state index is 0. The van der Waals surface area contributed by atoms with Crippen molar-refractivity contribution in [2.75, 3.05) is 20.1 Å². The molecule has 0 unspecified atom stereocenters. The van der Waals surface area contributed by atoms with Crippen molar-refractivity contribution in [3.05, 3.63) is 34.9 Å². The molecular weight excluding hydrogens is 218 g/mol. The molecule has 0 aromatic heterocycles. The van der Waals surface area contributed by atoms with Crippen molar-refractivity contribution in [2.24, 2.45) is 0 Å². The summed E-state index contributed by atoms with van der Waals surface area (Å²) in [5.41, 5.74) is 4.98. The second kappa shape index (κ2) is 4.77. The van der Waals surface area contributed by atoms with E-state index in [-0.39, 0.29) is 12.4 Å². The van der Waals surface area contributed by atoms with Crippen LogP contribution in [0.1, 0.15) is 35.4 Å². The van der Waals surface area contributed by atoms with Crippen molar-refractivity contribution in [3.8, 4) is 0 Å². The van der Waals surface area contributed by atoms with Gasteiger partial charge in [0, 0.05) is 13.1 Å². The first-order chi connectivity index (χ1) is 7.34. The van der Waals surface area contributed by atoms with Crippen molar-refractivity contribution in [1.29, 1.82) is 0 Å². The van der Waals surface area contributed by atoms with Gasteiger partial charge in [0.2, 0.25) is 0 Å². The molecule has 0 spiro atoms. The maximum absolute atomic E-state index is 2.50. The van der Waals surface area contributed by atoms with E-state index in [1.807, 2.05) is 0 Å². The Labute approximate surface area is 104 Å². The van der Waals surface area contributed by atoms with Gasteiger partial charge >= 0.3 is 0 Å². The summed E-state index contributed by atoms with van der Waals surface area (Å²) in [6.45, 7) is 2.50. The Hall–Kier alpha value is -0.530. The summed E-state index contributed by atoms with van der Waals surface area (Å²) < 4.78 is 0. The van der Waals surface area contributed by atoms with Gasteiger partial charge in [0.15, 0.2) is 0 Å². The van der Waals surface area contributed by atoms with Gasteiger partial charge in [-0.25, -0.2) is 0 Å². The molecular formula is C14H20ClN. The molecule has 1 aromatic carbocycles. The molecule has 0 radical (unpaired) electrons. The molecule has 1 aliphatic carbocycles. The predicted octanol–water partition coefficient (Wildman–Crippen LogP) is 3.02. The molecule has 1 aliphatic heterocycles. The Morgan fingerprint density at radius 2 is 1.94 bits per heavy atom. The summed E-state index contributed by atoms with van der Waals surface area (Å²) in [5, 5.41) is 0. The third kappa shape index (κ3) is 1.99. The van der Waals surface area contributed by atoms with Crippen molar-refractivity contribution >= 4 is 12.4 Å². The summed E-state index contributed by atoms with van der Waals surface area (Å²) in [4.78, 5) is 2.50. The first-order valence-electron chi connectivity index (χ1n) is 6.14. The van der Waals surface area contributed by atoms with Gasteiger partial charge in [-0.05, 0) is 55.3 Å². The van der Waals surface area contributed by atoms with Crippen LogP contribution in [0.2, 0.25) is 0 Å². The first-order valence-corrected chi connectivity index (χ1v) is 6.14. The zero-order valence-corrected chi connectivity index (χ0v) is 10.7. The smallest absolute Gasteiger partial charge is 0.00475 e. The van der Waals surface area contributed by atoms with E-state index >= 15 is 0 Å². The maximum atomic E-state index is 2.50. The van der Waals surface area contributed by atoms with Crippen LogP contribution >= 0.6 is 12.4 Å². The lowest BCUT2D eigenvalue weighted by atomic mass is 9.80. The van der Waals surface area contributed by atoms with Crippen molar-refractivity contribution < 1.29 is 0 Å². The molecule has 1 aromatic rings. The predicted molar refractivity (Wildman–Crippen MR) is 70.6 cm³/mol. The van der Waals surface area contributed by atoms with Gasteiger partial charge in [-0.3, -0.25) is 0 Å². The lowest BCUT2D eigenvalue weighted by Crippen LogP contribution is -2.25. The highest BCUT2D eigenvalue weighted by Crippen LogP contribution is 2.36. The molecule has 1 atom stereocenters. The Morgan fingerprint density at radius 3 is 2.75 bits per heavy atom. The fraction of sp³-hybridized carbons (Fsp3) is 0.571. The number of likely N-dealkylation sites (N-methyl/N-ethyl adjacent to an activating group) is 1. The number of hydrogen-bond donors (Lipinski definition) is 0. The largest absolute Gasteiger partial charge is 0.305 e. The number of benzene rings is 1. The maximum Gasteiger partial charge on any atom is 0.00475 e. The Kier molecular flexibility index (Phi) is 3.56. The molecule has 0 amide bonds. The highest BCUT2D eigenvalue weighted by atomic mass is 35.5. The number of nitrogens with zero attached hydrogens (tertiary/aromatic N) is 1. The van der Waals surface area contributed by atoms with Crippen molar-refractivity contribution in [2.45, 2.75) is 31.6 Å². The van der Waals surface area contributed by atoms with Crippen LogP contribution in [0.15, 0.2) is 18.2 Å². The Balaban J connectivity index is 0.000000963. The van der Waals surface area contributed by atoms with Crippen LogP contribution < -0.4 is 0 Å². The molecule has 1 nitrogen and oxygen atoms in total. The monoisotopic (exact) mass is 237 g/mol. The summed E-state index contributed by atoms with van der Waals surface area (Å²) in [7, 11) is 2.26. The van der Waals surface area contributed by atoms with E-state index < -0.39 is 0 Å². The van der Waals surface area contributed by atoms with Crippen LogP contribution in [0.3, 0.4) is 0 Å². The van der Waals surface area contributed by atoms with Gasteiger partial charge in [-0.1, -0.05) is 18.2 Å². The Bertz CT molecular complexity index is 375. The average molecular weight is 238 g/mol. The zero-order chi connectivity index (χ0) is 10.3. The van der Waals surface area contributed by atoms with Gasteiger partial charge in [-0.2, -0.15) is 0 Å². The molecule has 2 aliphatic rings. The molecule has 0 saturated heterocycles. The molecule has 0 saturated carbocycles. The second-order valence-corrected chi connectivity index (χ2v) is 5.09. The van der Waals surface area contributed by atoms with Crippen LogP contribution in [0.4, 0.5) is 0 Å². The molecule has 3 rings (SSSR count). The molecule has 2 heteroatoms. The van der Waals surface area contributed by atoms with E-state index in [0.29, 0.717) is 0 Å². The molecule has 0 bridgehead atoms. The average Bonchev–Trinajstić information content (AvgIpc) is 2.41.